The molecule has 0 fully saturated rings. The predicted octanol–water partition coefficient (Wildman–Crippen LogP) is 4.40. The van der Waals surface area contributed by atoms with Crippen molar-refractivity contribution in [1.29, 1.82) is 0 Å². The molecule has 0 radical (unpaired) electrons. The van der Waals surface area contributed by atoms with Crippen LogP contribution in [0.25, 0.3) is 32.2 Å². The number of rotatable bonds is 5. The van der Waals surface area contributed by atoms with E-state index in [1.54, 1.807) is 23.7 Å². The van der Waals surface area contributed by atoms with Crippen LogP contribution >= 0.6 is 11.3 Å². The summed E-state index contributed by atoms with van der Waals surface area (Å²) in [7, 11) is 0. The summed E-state index contributed by atoms with van der Waals surface area (Å²) in [5, 5.41) is 13.9. The summed E-state index contributed by atoms with van der Waals surface area (Å²) in [5.41, 5.74) is 2.34. The van der Waals surface area contributed by atoms with Gasteiger partial charge < -0.3 is 4.98 Å². The van der Waals surface area contributed by atoms with Gasteiger partial charge in [0.25, 0.3) is 11.2 Å². The first kappa shape index (κ1) is 18.9. The fraction of sp³-hybridized carbons (Fsp3) is 0.0455. The number of nitro groups is 1. The molecule has 0 unspecified atom stereocenters. The lowest BCUT2D eigenvalue weighted by Gasteiger charge is -2.06. The minimum atomic E-state index is -0.472. The topological polar surface area (TPSA) is 111 Å². The van der Waals surface area contributed by atoms with Crippen LogP contribution in [0.5, 0.6) is 0 Å². The van der Waals surface area contributed by atoms with Crippen LogP contribution in [-0.2, 0) is 6.54 Å². The molecule has 31 heavy (non-hydrogen) atoms. The van der Waals surface area contributed by atoms with Crippen molar-refractivity contribution in [2.24, 2.45) is 0 Å². The number of carbonyl (C=O) groups excluding carboxylic acids is 1. The molecular formula is C22H14N4O4S. The maximum absolute atomic E-state index is 13.2. The van der Waals surface area contributed by atoms with Gasteiger partial charge in [0.05, 0.1) is 23.2 Å². The van der Waals surface area contributed by atoms with Gasteiger partial charge in [0.2, 0.25) is 0 Å². The number of thiophene rings is 1. The van der Waals surface area contributed by atoms with Crippen LogP contribution < -0.4 is 5.56 Å². The molecule has 0 aliphatic heterocycles. The zero-order valence-electron chi connectivity index (χ0n) is 15.9. The second-order valence-corrected chi connectivity index (χ2v) is 7.84. The lowest BCUT2D eigenvalue weighted by atomic mass is 10.1. The maximum Gasteiger partial charge on any atom is 0.269 e. The normalized spacial score (nSPS) is 11.2. The average molecular weight is 430 g/mol. The largest absolute Gasteiger partial charge is 0.360 e. The Balaban J connectivity index is 1.54. The van der Waals surface area contributed by atoms with Gasteiger partial charge in [-0.05, 0) is 23.8 Å². The first-order valence-corrected chi connectivity index (χ1v) is 10.2. The number of Topliss-reactive ketones (excluding diaryl/α,β-unsaturated/α-hetero) is 1. The maximum atomic E-state index is 13.2. The number of nitro benzene ring substituents is 1. The Morgan fingerprint density at radius 3 is 2.71 bits per heavy atom. The van der Waals surface area contributed by atoms with Gasteiger partial charge in [-0.3, -0.25) is 24.3 Å². The SMILES string of the molecule is O=C(Cn1cnc2scc(-c3ccc([N+](=O)[O-])cc3)c2c1=O)c1c[nH]c2ccccc12. The fourth-order valence-corrected chi connectivity index (χ4v) is 4.50. The average Bonchev–Trinajstić information content (AvgIpc) is 3.40. The van der Waals surface area contributed by atoms with E-state index in [1.165, 1.54) is 34.4 Å². The molecule has 1 N–H and O–H groups in total. The van der Waals surface area contributed by atoms with Crippen molar-refractivity contribution in [2.75, 3.05) is 0 Å². The zero-order chi connectivity index (χ0) is 21.5. The van der Waals surface area contributed by atoms with Gasteiger partial charge in [0, 0.05) is 45.7 Å². The molecule has 0 aliphatic rings. The Morgan fingerprint density at radius 2 is 1.94 bits per heavy atom. The molecule has 0 saturated heterocycles. The Labute approximate surface area is 178 Å². The zero-order valence-corrected chi connectivity index (χ0v) is 16.8. The van der Waals surface area contributed by atoms with Gasteiger partial charge in [0.1, 0.15) is 4.83 Å². The van der Waals surface area contributed by atoms with E-state index < -0.39 is 4.92 Å². The van der Waals surface area contributed by atoms with Gasteiger partial charge in [-0.15, -0.1) is 11.3 Å². The van der Waals surface area contributed by atoms with E-state index in [2.05, 4.69) is 9.97 Å². The van der Waals surface area contributed by atoms with Crippen molar-refractivity contribution < 1.29 is 9.72 Å². The molecule has 3 aromatic heterocycles. The van der Waals surface area contributed by atoms with Crippen molar-refractivity contribution in [3.8, 4) is 11.1 Å². The van der Waals surface area contributed by atoms with Crippen molar-refractivity contribution in [3.63, 3.8) is 0 Å². The first-order valence-electron chi connectivity index (χ1n) is 9.33. The van der Waals surface area contributed by atoms with Crippen LogP contribution in [0, 0.1) is 10.1 Å². The van der Waals surface area contributed by atoms with E-state index in [0.29, 0.717) is 26.9 Å². The monoisotopic (exact) mass is 430 g/mol. The van der Waals surface area contributed by atoms with Crippen molar-refractivity contribution in [2.45, 2.75) is 6.54 Å². The number of fused-ring (bicyclic) bond motifs is 2. The first-order chi connectivity index (χ1) is 15.0. The van der Waals surface area contributed by atoms with Crippen molar-refractivity contribution in [1.82, 2.24) is 14.5 Å². The van der Waals surface area contributed by atoms with Crippen LogP contribution in [-0.4, -0.2) is 25.2 Å². The third kappa shape index (κ3) is 3.21. The van der Waals surface area contributed by atoms with Crippen molar-refractivity contribution >= 4 is 43.9 Å². The molecule has 152 valence electrons. The number of aromatic amines is 1. The molecule has 3 heterocycles. The molecule has 8 nitrogen and oxygen atoms in total. The summed E-state index contributed by atoms with van der Waals surface area (Å²) in [6.07, 6.45) is 3.03. The molecule has 9 heteroatoms. The van der Waals surface area contributed by atoms with Gasteiger partial charge in [-0.2, -0.15) is 0 Å². The summed E-state index contributed by atoms with van der Waals surface area (Å²) in [5.74, 6) is -0.201. The second kappa shape index (κ2) is 7.29. The quantitative estimate of drug-likeness (QED) is 0.252. The fourth-order valence-electron chi connectivity index (χ4n) is 3.60. The van der Waals surface area contributed by atoms with Crippen LogP contribution in [0.1, 0.15) is 10.4 Å². The number of hydrogen-bond donors (Lipinski definition) is 1. The van der Waals surface area contributed by atoms with Crippen LogP contribution in [0.15, 0.2) is 71.2 Å². The molecule has 0 aliphatic carbocycles. The standard InChI is InChI=1S/C22H14N4O4S/c27-19(16-9-23-18-4-2-1-3-15(16)18)10-25-12-24-21-20(22(25)28)17(11-31-21)13-5-7-14(8-6-13)26(29)30/h1-9,11-12,23H,10H2. The number of hydrogen-bond acceptors (Lipinski definition) is 6. The third-order valence-electron chi connectivity index (χ3n) is 5.15. The molecule has 5 aromatic rings. The van der Waals surface area contributed by atoms with Gasteiger partial charge in [-0.1, -0.05) is 18.2 Å². The number of carbonyl (C=O) groups is 1. The van der Waals surface area contributed by atoms with E-state index in [9.17, 15) is 19.7 Å². The van der Waals surface area contributed by atoms with E-state index in [-0.39, 0.29) is 23.6 Å². The highest BCUT2D eigenvalue weighted by Crippen LogP contribution is 2.31. The number of ketones is 1. The highest BCUT2D eigenvalue weighted by Gasteiger charge is 2.17. The summed E-state index contributed by atoms with van der Waals surface area (Å²) >= 11 is 1.31. The number of nitrogens with one attached hydrogen (secondary N) is 1. The van der Waals surface area contributed by atoms with E-state index in [0.717, 1.165) is 10.9 Å². The van der Waals surface area contributed by atoms with Gasteiger partial charge in [0.15, 0.2) is 5.78 Å². The Bertz CT molecular complexity index is 1530. The van der Waals surface area contributed by atoms with E-state index in [4.69, 9.17) is 0 Å². The minimum absolute atomic E-state index is 0.0249. The molecule has 0 bridgehead atoms. The molecule has 0 saturated carbocycles. The summed E-state index contributed by atoms with van der Waals surface area (Å²) < 4.78 is 1.30. The Hall–Kier alpha value is -4.11. The van der Waals surface area contributed by atoms with Crippen LogP contribution in [0.4, 0.5) is 5.69 Å². The number of H-pyrrole nitrogens is 1. The predicted molar refractivity (Wildman–Crippen MR) is 119 cm³/mol. The summed E-state index contributed by atoms with van der Waals surface area (Å²) in [6, 6.07) is 13.5. The molecular weight excluding hydrogens is 416 g/mol. The summed E-state index contributed by atoms with van der Waals surface area (Å²) in [6.45, 7) is -0.140. The molecule has 2 aromatic carbocycles. The molecule has 0 atom stereocenters. The van der Waals surface area contributed by atoms with Crippen LogP contribution in [0.3, 0.4) is 0 Å². The highest BCUT2D eigenvalue weighted by atomic mass is 32.1. The Kier molecular flexibility index (Phi) is 4.45. The third-order valence-corrected chi connectivity index (χ3v) is 6.04. The number of benzene rings is 2. The molecule has 5 rings (SSSR count). The second-order valence-electron chi connectivity index (χ2n) is 6.98. The Morgan fingerprint density at radius 1 is 1.16 bits per heavy atom. The highest BCUT2D eigenvalue weighted by molar-refractivity contribution is 7.17. The van der Waals surface area contributed by atoms with Crippen LogP contribution in [0.2, 0.25) is 0 Å². The van der Waals surface area contributed by atoms with E-state index >= 15 is 0 Å². The van der Waals surface area contributed by atoms with Gasteiger partial charge >= 0.3 is 0 Å². The molecule has 0 amide bonds. The minimum Gasteiger partial charge on any atom is -0.360 e. The number of non-ortho nitro benzene ring substituents is 1. The van der Waals surface area contributed by atoms with Crippen molar-refractivity contribution in [3.05, 3.63) is 92.5 Å². The number of aromatic nitrogens is 3. The van der Waals surface area contributed by atoms with E-state index in [1.807, 2.05) is 24.3 Å². The number of para-hydroxylation sites is 1. The smallest absolute Gasteiger partial charge is 0.269 e. The molecule has 0 spiro atoms. The number of nitrogens with zero attached hydrogens (tertiary/aromatic N) is 3. The lowest BCUT2D eigenvalue weighted by Crippen LogP contribution is -2.24. The summed E-state index contributed by atoms with van der Waals surface area (Å²) in [4.78, 5) is 44.5. The lowest BCUT2D eigenvalue weighted by molar-refractivity contribution is -0.384. The van der Waals surface area contributed by atoms with Gasteiger partial charge in [-0.25, -0.2) is 4.98 Å².